The van der Waals surface area contributed by atoms with Gasteiger partial charge in [-0.2, -0.15) is 5.10 Å². The molecule has 0 saturated heterocycles. The van der Waals surface area contributed by atoms with Gasteiger partial charge in [-0.05, 0) is 31.2 Å². The number of nitrogens with zero attached hydrogens (tertiary/aromatic N) is 3. The zero-order chi connectivity index (χ0) is 17.6. The van der Waals surface area contributed by atoms with Crippen LogP contribution in [0.15, 0.2) is 64.6 Å². The molecule has 0 aromatic heterocycles. The fourth-order valence-electron chi connectivity index (χ4n) is 2.94. The number of carbonyl (C=O) groups is 1. The summed E-state index contributed by atoms with van der Waals surface area (Å²) in [5, 5.41) is 4.81. The number of hydrogen-bond donors (Lipinski definition) is 2. The molecule has 1 amide bonds. The van der Waals surface area contributed by atoms with Crippen LogP contribution in [0.1, 0.15) is 28.4 Å². The maximum Gasteiger partial charge on any atom is 0.248 e. The molecule has 6 nitrogen and oxygen atoms in total. The summed E-state index contributed by atoms with van der Waals surface area (Å²) in [5.41, 5.74) is 11.9. The zero-order valence-corrected chi connectivity index (χ0v) is 14.1. The van der Waals surface area contributed by atoms with E-state index in [1.165, 1.54) is 0 Å². The lowest BCUT2D eigenvalue weighted by atomic mass is 9.97. The Balaban J connectivity index is 1.99. The van der Waals surface area contributed by atoms with E-state index in [-0.39, 0.29) is 0 Å². The number of nitrogens with two attached hydrogens (primary N) is 1. The van der Waals surface area contributed by atoms with Gasteiger partial charge in [0.05, 0.1) is 17.6 Å². The van der Waals surface area contributed by atoms with E-state index < -0.39 is 5.91 Å². The molecule has 0 bridgehead atoms. The molecule has 4 rings (SSSR count). The standard InChI is InChI=1S/C18H14ClN5O/c1-10-22-23-16-9-21-17(12-4-2-3-5-14(12)19)13-8-11(18(20)25)6-7-15(13)24(10)16/h2-9,23H,1H3,(H2,20,25). The van der Waals surface area contributed by atoms with E-state index >= 15 is 0 Å². The first-order valence-electron chi connectivity index (χ1n) is 7.64. The second-order valence-electron chi connectivity index (χ2n) is 5.67. The van der Waals surface area contributed by atoms with Crippen molar-refractivity contribution in [2.24, 2.45) is 15.8 Å². The van der Waals surface area contributed by atoms with Crippen LogP contribution in [0, 0.1) is 0 Å². The van der Waals surface area contributed by atoms with Crippen molar-refractivity contribution in [3.63, 3.8) is 0 Å². The average Bonchev–Trinajstić information content (AvgIpc) is 2.88. The third-order valence-corrected chi connectivity index (χ3v) is 4.45. The molecular formula is C18H14ClN5O. The van der Waals surface area contributed by atoms with Gasteiger partial charge in [0.2, 0.25) is 5.91 Å². The first-order chi connectivity index (χ1) is 12.1. The Hall–Kier alpha value is -3.12. The summed E-state index contributed by atoms with van der Waals surface area (Å²) in [5.74, 6) is 1.01. The SMILES string of the molecule is CC1=NNC2=CN=C(c3ccccc3Cl)c3cc(C(N)=O)ccc3N21. The van der Waals surface area contributed by atoms with Crippen LogP contribution >= 0.6 is 11.6 Å². The molecule has 0 unspecified atom stereocenters. The molecule has 25 heavy (non-hydrogen) atoms. The van der Waals surface area contributed by atoms with Crippen LogP contribution in [0.5, 0.6) is 0 Å². The highest BCUT2D eigenvalue weighted by Crippen LogP contribution is 2.33. The van der Waals surface area contributed by atoms with Crippen LogP contribution in [0.4, 0.5) is 5.69 Å². The third kappa shape index (κ3) is 2.47. The van der Waals surface area contributed by atoms with Crippen LogP contribution in [-0.2, 0) is 0 Å². The van der Waals surface area contributed by atoms with Crippen LogP contribution in [0.2, 0.25) is 5.02 Å². The summed E-state index contributed by atoms with van der Waals surface area (Å²) >= 11 is 6.38. The highest BCUT2D eigenvalue weighted by atomic mass is 35.5. The number of amidine groups is 1. The van der Waals surface area contributed by atoms with Crippen LogP contribution in [0.3, 0.4) is 0 Å². The highest BCUT2D eigenvalue weighted by molar-refractivity contribution is 6.36. The number of nitrogens with one attached hydrogen (secondary N) is 1. The molecule has 0 aliphatic carbocycles. The van der Waals surface area contributed by atoms with Gasteiger partial charge in [0.25, 0.3) is 0 Å². The van der Waals surface area contributed by atoms with Gasteiger partial charge in [-0.1, -0.05) is 29.8 Å². The summed E-state index contributed by atoms with van der Waals surface area (Å²) in [6, 6.07) is 12.7. The van der Waals surface area contributed by atoms with Crippen molar-refractivity contribution >= 4 is 34.7 Å². The number of aliphatic imine (C=N–C) groups is 1. The smallest absolute Gasteiger partial charge is 0.248 e. The molecular weight excluding hydrogens is 338 g/mol. The minimum atomic E-state index is -0.497. The summed E-state index contributed by atoms with van der Waals surface area (Å²) in [4.78, 5) is 18.2. The lowest BCUT2D eigenvalue weighted by molar-refractivity contribution is 0.100. The molecule has 2 heterocycles. The molecule has 0 radical (unpaired) electrons. The number of fused-ring (bicyclic) bond motifs is 3. The number of amides is 1. The van der Waals surface area contributed by atoms with Crippen molar-refractivity contribution in [2.45, 2.75) is 6.92 Å². The van der Waals surface area contributed by atoms with Crippen LogP contribution in [-0.4, -0.2) is 17.5 Å². The van der Waals surface area contributed by atoms with Crippen LogP contribution in [0.25, 0.3) is 0 Å². The Labute approximate surface area is 149 Å². The third-order valence-electron chi connectivity index (χ3n) is 4.12. The topological polar surface area (TPSA) is 83.1 Å². The Morgan fingerprint density at radius 2 is 2.00 bits per heavy atom. The normalized spacial score (nSPS) is 15.3. The maximum absolute atomic E-state index is 11.7. The van der Waals surface area contributed by atoms with Gasteiger partial charge in [0.1, 0.15) is 5.84 Å². The summed E-state index contributed by atoms with van der Waals surface area (Å²) in [6.45, 7) is 1.89. The van der Waals surface area contributed by atoms with E-state index in [0.29, 0.717) is 16.3 Å². The predicted octanol–water partition coefficient (Wildman–Crippen LogP) is 2.83. The van der Waals surface area contributed by atoms with E-state index in [0.717, 1.165) is 28.5 Å². The van der Waals surface area contributed by atoms with Gasteiger partial charge in [-0.3, -0.25) is 20.1 Å². The van der Waals surface area contributed by atoms with Crippen molar-refractivity contribution < 1.29 is 4.79 Å². The largest absolute Gasteiger partial charge is 0.366 e. The number of halogens is 1. The first kappa shape index (κ1) is 15.4. The fourth-order valence-corrected chi connectivity index (χ4v) is 3.17. The molecule has 124 valence electrons. The number of rotatable bonds is 2. The number of hydrogen-bond acceptors (Lipinski definition) is 5. The quantitative estimate of drug-likeness (QED) is 0.872. The van der Waals surface area contributed by atoms with E-state index in [1.807, 2.05) is 36.1 Å². The summed E-state index contributed by atoms with van der Waals surface area (Å²) in [7, 11) is 0. The van der Waals surface area contributed by atoms with E-state index in [1.54, 1.807) is 24.4 Å². The number of carbonyl (C=O) groups excluding carboxylic acids is 1. The second-order valence-corrected chi connectivity index (χ2v) is 6.08. The monoisotopic (exact) mass is 351 g/mol. The summed E-state index contributed by atoms with van der Waals surface area (Å²) < 4.78 is 0. The van der Waals surface area contributed by atoms with Gasteiger partial charge >= 0.3 is 0 Å². The molecule has 0 fully saturated rings. The second kappa shape index (κ2) is 5.75. The number of primary amides is 1. The van der Waals surface area contributed by atoms with Crippen molar-refractivity contribution in [1.82, 2.24) is 5.43 Å². The minimum absolute atomic E-state index is 0.406. The molecule has 2 aromatic carbocycles. The highest BCUT2D eigenvalue weighted by Gasteiger charge is 2.28. The number of benzene rings is 2. The van der Waals surface area contributed by atoms with Gasteiger partial charge < -0.3 is 5.73 Å². The Morgan fingerprint density at radius 3 is 2.76 bits per heavy atom. The first-order valence-corrected chi connectivity index (χ1v) is 8.01. The fraction of sp³-hybridized carbons (Fsp3) is 0.0556. The molecule has 0 saturated carbocycles. The van der Waals surface area contributed by atoms with Crippen LogP contribution < -0.4 is 16.1 Å². The average molecular weight is 352 g/mol. The van der Waals surface area contributed by atoms with Gasteiger partial charge in [-0.25, -0.2) is 0 Å². The predicted molar refractivity (Wildman–Crippen MR) is 98.9 cm³/mol. The van der Waals surface area contributed by atoms with Crippen molar-refractivity contribution in [2.75, 3.05) is 4.90 Å². The molecule has 2 aliphatic heterocycles. The Kier molecular flexibility index (Phi) is 3.54. The van der Waals surface area contributed by atoms with Gasteiger partial charge in [0.15, 0.2) is 5.82 Å². The molecule has 0 atom stereocenters. The zero-order valence-electron chi connectivity index (χ0n) is 13.3. The van der Waals surface area contributed by atoms with E-state index in [4.69, 9.17) is 17.3 Å². The molecule has 0 spiro atoms. The number of anilines is 1. The minimum Gasteiger partial charge on any atom is -0.366 e. The Morgan fingerprint density at radius 1 is 1.20 bits per heavy atom. The van der Waals surface area contributed by atoms with Gasteiger partial charge in [-0.15, -0.1) is 0 Å². The molecule has 2 aliphatic rings. The van der Waals surface area contributed by atoms with Crippen molar-refractivity contribution in [3.8, 4) is 0 Å². The number of hydrazone groups is 1. The van der Waals surface area contributed by atoms with Gasteiger partial charge in [0, 0.05) is 21.7 Å². The van der Waals surface area contributed by atoms with E-state index in [9.17, 15) is 4.79 Å². The Bertz CT molecular complexity index is 993. The molecule has 2 aromatic rings. The maximum atomic E-state index is 11.7. The molecule has 3 N–H and O–H groups in total. The summed E-state index contributed by atoms with van der Waals surface area (Å²) in [6.07, 6.45) is 1.70. The van der Waals surface area contributed by atoms with E-state index in [2.05, 4.69) is 15.5 Å². The lowest BCUT2D eigenvalue weighted by Crippen LogP contribution is -2.26. The lowest BCUT2D eigenvalue weighted by Gasteiger charge is -2.21. The van der Waals surface area contributed by atoms with Crippen molar-refractivity contribution in [1.29, 1.82) is 0 Å². The van der Waals surface area contributed by atoms with Crippen molar-refractivity contribution in [3.05, 3.63) is 76.2 Å². The molecule has 7 heteroatoms.